The zero-order chi connectivity index (χ0) is 21.8. The molecule has 1 aliphatic heterocycles. The van der Waals surface area contributed by atoms with Gasteiger partial charge in [-0.2, -0.15) is 0 Å². The highest BCUT2D eigenvalue weighted by molar-refractivity contribution is 5.81. The topological polar surface area (TPSA) is 111 Å². The molecule has 1 atom stereocenters. The molecule has 162 valence electrons. The van der Waals surface area contributed by atoms with E-state index in [0.29, 0.717) is 23.7 Å². The standard InChI is InChI=1S/C23H26N4O4/c1-15(28)27-12-3-2-4-17(27)11-13-30-18-7-5-16(6-8-18)22-25-20-10-9-19(31-23(24)29)14-21(20)26-22/h5-10,14,17H,2-4,11-13H2,1H3,(H2,24,29)(H,25,26). The summed E-state index contributed by atoms with van der Waals surface area (Å²) in [6.45, 7) is 3.06. The third-order valence-electron chi connectivity index (χ3n) is 5.55. The van der Waals surface area contributed by atoms with Crippen LogP contribution < -0.4 is 15.2 Å². The van der Waals surface area contributed by atoms with Gasteiger partial charge < -0.3 is 25.1 Å². The van der Waals surface area contributed by atoms with Crippen molar-refractivity contribution in [2.24, 2.45) is 5.73 Å². The number of aromatic amines is 1. The van der Waals surface area contributed by atoms with Gasteiger partial charge in [0.25, 0.3) is 0 Å². The number of hydrogen-bond acceptors (Lipinski definition) is 5. The number of amides is 2. The van der Waals surface area contributed by atoms with Crippen LogP contribution in [0, 0.1) is 0 Å². The summed E-state index contributed by atoms with van der Waals surface area (Å²) in [6, 6.07) is 13.1. The average molecular weight is 422 g/mol. The lowest BCUT2D eigenvalue weighted by Crippen LogP contribution is -2.43. The molecule has 8 nitrogen and oxygen atoms in total. The zero-order valence-corrected chi connectivity index (χ0v) is 17.5. The van der Waals surface area contributed by atoms with Gasteiger partial charge in [0, 0.05) is 37.6 Å². The van der Waals surface area contributed by atoms with Gasteiger partial charge in [-0.05, 0) is 55.7 Å². The Balaban J connectivity index is 1.37. The van der Waals surface area contributed by atoms with E-state index >= 15 is 0 Å². The fourth-order valence-electron chi connectivity index (χ4n) is 4.04. The first kappa shape index (κ1) is 20.7. The number of nitrogens with zero attached hydrogens (tertiary/aromatic N) is 2. The van der Waals surface area contributed by atoms with Crippen LogP contribution in [0.25, 0.3) is 22.4 Å². The van der Waals surface area contributed by atoms with Crippen molar-refractivity contribution in [2.45, 2.75) is 38.6 Å². The lowest BCUT2D eigenvalue weighted by molar-refractivity contribution is -0.132. The van der Waals surface area contributed by atoms with E-state index in [1.807, 2.05) is 29.2 Å². The molecular formula is C23H26N4O4. The molecule has 2 heterocycles. The second kappa shape index (κ2) is 9.07. The van der Waals surface area contributed by atoms with Crippen LogP contribution in [0.3, 0.4) is 0 Å². The van der Waals surface area contributed by atoms with Crippen molar-refractivity contribution in [2.75, 3.05) is 13.2 Å². The average Bonchev–Trinajstić information content (AvgIpc) is 3.17. The number of primary amides is 1. The summed E-state index contributed by atoms with van der Waals surface area (Å²) in [5, 5.41) is 0. The van der Waals surface area contributed by atoms with Gasteiger partial charge in [0.2, 0.25) is 5.91 Å². The minimum Gasteiger partial charge on any atom is -0.494 e. The molecule has 1 aliphatic rings. The van der Waals surface area contributed by atoms with E-state index in [1.54, 1.807) is 25.1 Å². The molecule has 1 fully saturated rings. The summed E-state index contributed by atoms with van der Waals surface area (Å²) in [4.78, 5) is 32.5. The Hall–Kier alpha value is -3.55. The van der Waals surface area contributed by atoms with Crippen LogP contribution in [-0.4, -0.2) is 46.1 Å². The normalized spacial score (nSPS) is 16.3. The lowest BCUT2D eigenvalue weighted by Gasteiger charge is -2.35. The maximum absolute atomic E-state index is 11.8. The number of carbonyl (C=O) groups excluding carboxylic acids is 2. The van der Waals surface area contributed by atoms with Gasteiger partial charge in [0.15, 0.2) is 0 Å². The minimum absolute atomic E-state index is 0.146. The van der Waals surface area contributed by atoms with Gasteiger partial charge in [-0.1, -0.05) is 0 Å². The monoisotopic (exact) mass is 422 g/mol. The molecule has 2 amide bonds. The number of H-pyrrole nitrogens is 1. The van der Waals surface area contributed by atoms with Crippen molar-refractivity contribution < 1.29 is 19.1 Å². The van der Waals surface area contributed by atoms with Gasteiger partial charge >= 0.3 is 6.09 Å². The lowest BCUT2D eigenvalue weighted by atomic mass is 10.00. The number of aromatic nitrogens is 2. The van der Waals surface area contributed by atoms with E-state index in [4.69, 9.17) is 15.2 Å². The Morgan fingerprint density at radius 2 is 1.94 bits per heavy atom. The van der Waals surface area contributed by atoms with Gasteiger partial charge in [-0.15, -0.1) is 0 Å². The number of ether oxygens (including phenoxy) is 2. The van der Waals surface area contributed by atoms with Gasteiger partial charge in [-0.3, -0.25) is 4.79 Å². The van der Waals surface area contributed by atoms with E-state index in [-0.39, 0.29) is 11.9 Å². The molecule has 0 spiro atoms. The maximum atomic E-state index is 11.8. The highest BCUT2D eigenvalue weighted by atomic mass is 16.5. The Morgan fingerprint density at radius 1 is 1.16 bits per heavy atom. The summed E-state index contributed by atoms with van der Waals surface area (Å²) >= 11 is 0. The van der Waals surface area contributed by atoms with Crippen LogP contribution in [0.5, 0.6) is 11.5 Å². The quantitative estimate of drug-likeness (QED) is 0.627. The number of carbonyl (C=O) groups is 2. The summed E-state index contributed by atoms with van der Waals surface area (Å²) in [7, 11) is 0. The van der Waals surface area contributed by atoms with Crippen molar-refractivity contribution in [3.05, 3.63) is 42.5 Å². The zero-order valence-electron chi connectivity index (χ0n) is 17.5. The number of imidazole rings is 1. The Kier molecular flexibility index (Phi) is 6.06. The fourth-order valence-corrected chi connectivity index (χ4v) is 4.04. The molecule has 2 aromatic carbocycles. The fraction of sp³-hybridized carbons (Fsp3) is 0.348. The summed E-state index contributed by atoms with van der Waals surface area (Å²) in [5.74, 6) is 1.98. The van der Waals surface area contributed by atoms with E-state index in [2.05, 4.69) is 9.97 Å². The molecule has 0 saturated carbocycles. The van der Waals surface area contributed by atoms with Gasteiger partial charge in [-0.25, -0.2) is 9.78 Å². The first-order valence-electron chi connectivity index (χ1n) is 10.5. The summed E-state index contributed by atoms with van der Waals surface area (Å²) < 4.78 is 10.8. The van der Waals surface area contributed by atoms with Crippen LogP contribution >= 0.6 is 0 Å². The van der Waals surface area contributed by atoms with Crippen LogP contribution in [0.4, 0.5) is 4.79 Å². The molecule has 3 N–H and O–H groups in total. The summed E-state index contributed by atoms with van der Waals surface area (Å²) in [5.41, 5.74) is 7.48. The maximum Gasteiger partial charge on any atom is 0.409 e. The number of fused-ring (bicyclic) bond motifs is 1. The highest BCUT2D eigenvalue weighted by Gasteiger charge is 2.24. The van der Waals surface area contributed by atoms with Crippen LogP contribution in [0.15, 0.2) is 42.5 Å². The van der Waals surface area contributed by atoms with Gasteiger partial charge in [0.05, 0.1) is 17.6 Å². The molecule has 0 bridgehead atoms. The molecule has 4 rings (SSSR count). The molecule has 8 heteroatoms. The number of likely N-dealkylation sites (tertiary alicyclic amines) is 1. The predicted molar refractivity (Wildman–Crippen MR) is 117 cm³/mol. The van der Waals surface area contributed by atoms with Crippen LogP contribution in [0.2, 0.25) is 0 Å². The molecule has 0 aliphatic carbocycles. The molecule has 1 unspecified atom stereocenters. The van der Waals surface area contributed by atoms with E-state index in [0.717, 1.165) is 49.1 Å². The smallest absolute Gasteiger partial charge is 0.409 e. The highest BCUT2D eigenvalue weighted by Crippen LogP contribution is 2.26. The molecule has 31 heavy (non-hydrogen) atoms. The van der Waals surface area contributed by atoms with Crippen molar-refractivity contribution in [1.82, 2.24) is 14.9 Å². The number of benzene rings is 2. The third kappa shape index (κ3) is 4.96. The number of hydrogen-bond donors (Lipinski definition) is 2. The van der Waals surface area contributed by atoms with E-state index in [1.165, 1.54) is 0 Å². The van der Waals surface area contributed by atoms with E-state index in [9.17, 15) is 9.59 Å². The number of nitrogens with two attached hydrogens (primary N) is 1. The SMILES string of the molecule is CC(=O)N1CCCCC1CCOc1ccc(-c2nc3cc(OC(N)=O)ccc3[nH]2)cc1. The Bertz CT molecular complexity index is 1080. The van der Waals surface area contributed by atoms with Crippen LogP contribution in [-0.2, 0) is 4.79 Å². The Morgan fingerprint density at radius 3 is 2.68 bits per heavy atom. The first-order chi connectivity index (χ1) is 15.0. The Labute approximate surface area is 180 Å². The predicted octanol–water partition coefficient (Wildman–Crippen LogP) is 3.86. The molecular weight excluding hydrogens is 396 g/mol. The number of nitrogens with one attached hydrogen (secondary N) is 1. The minimum atomic E-state index is -0.858. The number of piperidine rings is 1. The molecule has 1 saturated heterocycles. The van der Waals surface area contributed by atoms with E-state index < -0.39 is 6.09 Å². The molecule has 0 radical (unpaired) electrons. The van der Waals surface area contributed by atoms with Crippen molar-refractivity contribution in [3.63, 3.8) is 0 Å². The van der Waals surface area contributed by atoms with Crippen molar-refractivity contribution in [3.8, 4) is 22.9 Å². The first-order valence-corrected chi connectivity index (χ1v) is 10.5. The van der Waals surface area contributed by atoms with Crippen LogP contribution in [0.1, 0.15) is 32.6 Å². The van der Waals surface area contributed by atoms with Crippen molar-refractivity contribution >= 4 is 23.0 Å². The molecule has 1 aromatic heterocycles. The second-order valence-corrected chi connectivity index (χ2v) is 7.71. The largest absolute Gasteiger partial charge is 0.494 e. The number of rotatable bonds is 6. The second-order valence-electron chi connectivity index (χ2n) is 7.71. The third-order valence-corrected chi connectivity index (χ3v) is 5.55. The molecule has 3 aromatic rings. The van der Waals surface area contributed by atoms with Crippen molar-refractivity contribution in [1.29, 1.82) is 0 Å². The summed E-state index contributed by atoms with van der Waals surface area (Å²) in [6.07, 6.45) is 3.26. The van der Waals surface area contributed by atoms with Gasteiger partial charge in [0.1, 0.15) is 17.3 Å².